The van der Waals surface area contributed by atoms with Gasteiger partial charge in [0.25, 0.3) is 0 Å². The van der Waals surface area contributed by atoms with E-state index in [1.807, 2.05) is 18.3 Å². The van der Waals surface area contributed by atoms with Gasteiger partial charge in [0.2, 0.25) is 0 Å². The molecule has 3 aromatic heterocycles. The maximum atomic E-state index is 6.34. The van der Waals surface area contributed by atoms with Gasteiger partial charge in [-0.15, -0.1) is 0 Å². The van der Waals surface area contributed by atoms with Gasteiger partial charge in [0.1, 0.15) is 22.5 Å². The second-order valence-corrected chi connectivity index (χ2v) is 11.2. The molecule has 0 aliphatic heterocycles. The third kappa shape index (κ3) is 3.53. The smallest absolute Gasteiger partial charge is 0.139 e. The fourth-order valence-corrected chi connectivity index (χ4v) is 5.43. The summed E-state index contributed by atoms with van der Waals surface area (Å²) in [7, 11) is 0. The number of pyridine rings is 1. The van der Waals surface area contributed by atoms with Crippen molar-refractivity contribution >= 4 is 43.7 Å². The van der Waals surface area contributed by atoms with Gasteiger partial charge < -0.3 is 8.83 Å². The molecule has 0 spiro atoms. The number of hydrogen-bond donors (Lipinski definition) is 0. The predicted octanol–water partition coefficient (Wildman–Crippen LogP) is 9.35. The number of hydrogen-bond acceptors (Lipinski definition) is 3. The highest BCUT2D eigenvalue weighted by Gasteiger charge is 2.22. The van der Waals surface area contributed by atoms with Crippen LogP contribution in [0.3, 0.4) is 0 Å². The van der Waals surface area contributed by atoms with Gasteiger partial charge in [-0.25, -0.2) is 0 Å². The Hall–Kier alpha value is -3.59. The first-order valence-corrected chi connectivity index (χ1v) is 12.5. The Balaban J connectivity index is 1.67. The van der Waals surface area contributed by atoms with E-state index in [1.165, 1.54) is 27.3 Å². The van der Waals surface area contributed by atoms with E-state index in [0.717, 1.165) is 51.0 Å². The molecule has 176 valence electrons. The lowest BCUT2D eigenvalue weighted by atomic mass is 9.82. The first-order chi connectivity index (χ1) is 16.7. The van der Waals surface area contributed by atoms with Gasteiger partial charge in [0.05, 0.1) is 11.1 Å². The number of nitrogens with zero attached hydrogens (tertiary/aromatic N) is 1. The summed E-state index contributed by atoms with van der Waals surface area (Å²) in [6.45, 7) is 13.4. The zero-order valence-electron chi connectivity index (χ0n) is 21.3. The van der Waals surface area contributed by atoms with E-state index in [0.29, 0.717) is 5.92 Å². The summed E-state index contributed by atoms with van der Waals surface area (Å²) in [5.41, 5.74) is 7.28. The summed E-state index contributed by atoms with van der Waals surface area (Å²) in [4.78, 5) is 4.90. The van der Waals surface area contributed by atoms with Crippen molar-refractivity contribution < 1.29 is 8.83 Å². The molecule has 35 heavy (non-hydrogen) atoms. The topological polar surface area (TPSA) is 39.2 Å². The van der Waals surface area contributed by atoms with E-state index >= 15 is 0 Å². The quantitative estimate of drug-likeness (QED) is 0.263. The molecule has 0 bridgehead atoms. The fourth-order valence-electron chi connectivity index (χ4n) is 5.43. The lowest BCUT2D eigenvalue weighted by Gasteiger charge is -2.22. The van der Waals surface area contributed by atoms with Crippen LogP contribution in [-0.2, 0) is 11.8 Å². The Labute approximate surface area is 205 Å². The van der Waals surface area contributed by atoms with Crippen molar-refractivity contribution in [3.05, 3.63) is 77.7 Å². The Bertz CT molecular complexity index is 1740. The van der Waals surface area contributed by atoms with Gasteiger partial charge in [0.15, 0.2) is 0 Å². The average Bonchev–Trinajstić information content (AvgIpc) is 3.32. The Morgan fingerprint density at radius 3 is 2.37 bits per heavy atom. The predicted molar refractivity (Wildman–Crippen MR) is 146 cm³/mol. The molecular formula is C32H31NO2. The molecule has 0 unspecified atom stereocenters. The minimum absolute atomic E-state index is 0.00814. The molecule has 0 atom stereocenters. The van der Waals surface area contributed by atoms with Crippen molar-refractivity contribution in [3.8, 4) is 11.3 Å². The van der Waals surface area contributed by atoms with Crippen LogP contribution < -0.4 is 0 Å². The van der Waals surface area contributed by atoms with Gasteiger partial charge in [-0.3, -0.25) is 4.98 Å². The van der Waals surface area contributed by atoms with Crippen LogP contribution in [0, 0.1) is 12.8 Å². The molecule has 3 heteroatoms. The van der Waals surface area contributed by atoms with Crippen molar-refractivity contribution in [2.24, 2.45) is 5.92 Å². The lowest BCUT2D eigenvalue weighted by Crippen LogP contribution is -2.12. The van der Waals surface area contributed by atoms with Crippen molar-refractivity contribution in [3.63, 3.8) is 0 Å². The molecule has 6 rings (SSSR count). The maximum absolute atomic E-state index is 6.34. The number of aromatic nitrogens is 1. The largest absolute Gasteiger partial charge is 0.461 e. The molecule has 3 aromatic carbocycles. The Kier molecular flexibility index (Phi) is 4.83. The molecule has 0 amide bonds. The normalized spacial score (nSPS) is 12.7. The standard InChI is InChI=1S/C32H31NO2/c1-18(2)13-23-19(3)34-28-17-29-25(16-24(23)28)30-27(35-29)11-12-33-31(30)21-14-20-9-7-8-10-22(20)26(15-21)32(4,5)6/h7-12,14-18H,13H2,1-6H3. The summed E-state index contributed by atoms with van der Waals surface area (Å²) in [5, 5.41) is 5.85. The molecular weight excluding hydrogens is 430 g/mol. The summed E-state index contributed by atoms with van der Waals surface area (Å²) in [6, 6.07) is 19.5. The zero-order valence-corrected chi connectivity index (χ0v) is 21.3. The summed E-state index contributed by atoms with van der Waals surface area (Å²) >= 11 is 0. The molecule has 0 radical (unpaired) electrons. The van der Waals surface area contributed by atoms with Crippen LogP contribution in [0.15, 0.2) is 69.6 Å². The van der Waals surface area contributed by atoms with Gasteiger partial charge >= 0.3 is 0 Å². The highest BCUT2D eigenvalue weighted by atomic mass is 16.3. The maximum Gasteiger partial charge on any atom is 0.139 e. The molecule has 0 aliphatic carbocycles. The van der Waals surface area contributed by atoms with Crippen LogP contribution in [0.2, 0.25) is 0 Å². The SMILES string of the molecule is Cc1oc2cc3oc4ccnc(-c5cc(C(C)(C)C)c6ccccc6c5)c4c3cc2c1CC(C)C. The minimum atomic E-state index is 0.00814. The van der Waals surface area contributed by atoms with E-state index in [9.17, 15) is 0 Å². The third-order valence-electron chi connectivity index (χ3n) is 7.05. The summed E-state index contributed by atoms with van der Waals surface area (Å²) in [5.74, 6) is 1.55. The number of benzene rings is 3. The fraction of sp³-hybridized carbons (Fsp3) is 0.281. The summed E-state index contributed by atoms with van der Waals surface area (Å²) < 4.78 is 12.5. The summed E-state index contributed by atoms with van der Waals surface area (Å²) in [6.07, 6.45) is 2.84. The van der Waals surface area contributed by atoms with Crippen LogP contribution in [-0.4, -0.2) is 4.98 Å². The van der Waals surface area contributed by atoms with Crippen molar-refractivity contribution in [1.82, 2.24) is 4.98 Å². The van der Waals surface area contributed by atoms with Crippen LogP contribution in [0.25, 0.3) is 54.9 Å². The number of fused-ring (bicyclic) bond motifs is 5. The second kappa shape index (κ2) is 7.71. The molecule has 0 aliphatic rings. The number of furan rings is 2. The lowest BCUT2D eigenvalue weighted by molar-refractivity contribution is 0.559. The molecule has 0 fully saturated rings. The van der Waals surface area contributed by atoms with E-state index in [-0.39, 0.29) is 5.41 Å². The van der Waals surface area contributed by atoms with Gasteiger partial charge in [-0.05, 0) is 65.3 Å². The monoisotopic (exact) mass is 461 g/mol. The van der Waals surface area contributed by atoms with Gasteiger partial charge in [-0.1, -0.05) is 58.9 Å². The van der Waals surface area contributed by atoms with Crippen molar-refractivity contribution in [1.29, 1.82) is 0 Å². The van der Waals surface area contributed by atoms with Crippen LogP contribution >= 0.6 is 0 Å². The highest BCUT2D eigenvalue weighted by Crippen LogP contribution is 2.41. The van der Waals surface area contributed by atoms with E-state index in [4.69, 9.17) is 13.8 Å². The zero-order chi connectivity index (χ0) is 24.5. The molecule has 0 N–H and O–H groups in total. The molecule has 0 saturated heterocycles. The van der Waals surface area contributed by atoms with Crippen molar-refractivity contribution in [2.45, 2.75) is 53.4 Å². The van der Waals surface area contributed by atoms with E-state index < -0.39 is 0 Å². The average molecular weight is 462 g/mol. The van der Waals surface area contributed by atoms with Gasteiger partial charge in [-0.2, -0.15) is 0 Å². The molecule has 0 saturated carbocycles. The molecule has 3 heterocycles. The minimum Gasteiger partial charge on any atom is -0.461 e. The van der Waals surface area contributed by atoms with Crippen molar-refractivity contribution in [2.75, 3.05) is 0 Å². The van der Waals surface area contributed by atoms with Crippen LogP contribution in [0.1, 0.15) is 51.5 Å². The van der Waals surface area contributed by atoms with E-state index in [2.05, 4.69) is 84.0 Å². The first-order valence-electron chi connectivity index (χ1n) is 12.5. The third-order valence-corrected chi connectivity index (χ3v) is 7.05. The molecule has 3 nitrogen and oxygen atoms in total. The Morgan fingerprint density at radius 1 is 0.829 bits per heavy atom. The van der Waals surface area contributed by atoms with Gasteiger partial charge in [0, 0.05) is 34.2 Å². The van der Waals surface area contributed by atoms with Crippen LogP contribution in [0.4, 0.5) is 0 Å². The Morgan fingerprint density at radius 2 is 1.60 bits per heavy atom. The van der Waals surface area contributed by atoms with E-state index in [1.54, 1.807) is 0 Å². The number of rotatable bonds is 3. The first kappa shape index (κ1) is 21.9. The number of aryl methyl sites for hydroxylation is 1. The second-order valence-electron chi connectivity index (χ2n) is 11.2. The molecule has 6 aromatic rings. The van der Waals surface area contributed by atoms with Crippen LogP contribution in [0.5, 0.6) is 0 Å². The highest BCUT2D eigenvalue weighted by molar-refractivity contribution is 6.15.